The summed E-state index contributed by atoms with van der Waals surface area (Å²) in [5.41, 5.74) is 6.60. The number of hydrogen-bond acceptors (Lipinski definition) is 3. The van der Waals surface area contributed by atoms with Gasteiger partial charge in [-0.3, -0.25) is 0 Å². The lowest BCUT2D eigenvalue weighted by atomic mass is 9.86. The second kappa shape index (κ2) is 5.61. The van der Waals surface area contributed by atoms with E-state index in [9.17, 15) is 0 Å². The Morgan fingerprint density at radius 2 is 2.18 bits per heavy atom. The summed E-state index contributed by atoms with van der Waals surface area (Å²) < 4.78 is 11.1. The maximum Gasteiger partial charge on any atom is 0.165 e. The molecule has 3 nitrogen and oxygen atoms in total. The van der Waals surface area contributed by atoms with Crippen LogP contribution in [0, 0.1) is 5.92 Å². The van der Waals surface area contributed by atoms with Crippen molar-refractivity contribution in [2.75, 3.05) is 13.7 Å². The van der Waals surface area contributed by atoms with Crippen molar-refractivity contribution < 1.29 is 9.47 Å². The van der Waals surface area contributed by atoms with Crippen LogP contribution in [0.2, 0.25) is 5.02 Å². The topological polar surface area (TPSA) is 44.5 Å². The SMILES string of the molecule is COc1cc(Cl)cc(CN)c1OCC1CCC1. The summed E-state index contributed by atoms with van der Waals surface area (Å²) in [4.78, 5) is 0. The van der Waals surface area contributed by atoms with E-state index in [0.717, 1.165) is 17.9 Å². The fourth-order valence-corrected chi connectivity index (χ4v) is 2.18. The molecule has 1 aromatic rings. The van der Waals surface area contributed by atoms with Gasteiger partial charge in [0.2, 0.25) is 0 Å². The maximum atomic E-state index is 5.99. The number of nitrogens with two attached hydrogens (primary N) is 1. The number of rotatable bonds is 5. The minimum absolute atomic E-state index is 0.400. The van der Waals surface area contributed by atoms with Crippen molar-refractivity contribution in [3.63, 3.8) is 0 Å². The van der Waals surface area contributed by atoms with Crippen LogP contribution in [0.1, 0.15) is 24.8 Å². The van der Waals surface area contributed by atoms with Crippen molar-refractivity contribution >= 4 is 11.6 Å². The molecule has 94 valence electrons. The first-order valence-corrected chi connectivity index (χ1v) is 6.31. The van der Waals surface area contributed by atoms with E-state index in [4.69, 9.17) is 26.8 Å². The van der Waals surface area contributed by atoms with Gasteiger partial charge in [-0.1, -0.05) is 18.0 Å². The molecule has 0 unspecified atom stereocenters. The smallest absolute Gasteiger partial charge is 0.165 e. The third-order valence-corrected chi connectivity index (χ3v) is 3.44. The minimum Gasteiger partial charge on any atom is -0.493 e. The van der Waals surface area contributed by atoms with Crippen LogP contribution in [0.5, 0.6) is 11.5 Å². The van der Waals surface area contributed by atoms with Crippen molar-refractivity contribution in [2.45, 2.75) is 25.8 Å². The van der Waals surface area contributed by atoms with Crippen LogP contribution in [-0.4, -0.2) is 13.7 Å². The lowest BCUT2D eigenvalue weighted by molar-refractivity contribution is 0.174. The fourth-order valence-electron chi connectivity index (χ4n) is 1.95. The maximum absolute atomic E-state index is 5.99. The van der Waals surface area contributed by atoms with Crippen molar-refractivity contribution in [2.24, 2.45) is 11.7 Å². The highest BCUT2D eigenvalue weighted by Gasteiger charge is 2.20. The molecule has 17 heavy (non-hydrogen) atoms. The highest BCUT2D eigenvalue weighted by atomic mass is 35.5. The van der Waals surface area contributed by atoms with Gasteiger partial charge in [0.05, 0.1) is 13.7 Å². The molecule has 2 N–H and O–H groups in total. The van der Waals surface area contributed by atoms with Gasteiger partial charge in [-0.15, -0.1) is 0 Å². The van der Waals surface area contributed by atoms with E-state index in [1.165, 1.54) is 19.3 Å². The van der Waals surface area contributed by atoms with Crippen molar-refractivity contribution in [3.05, 3.63) is 22.7 Å². The zero-order valence-corrected chi connectivity index (χ0v) is 10.8. The number of hydrogen-bond donors (Lipinski definition) is 1. The van der Waals surface area contributed by atoms with Gasteiger partial charge < -0.3 is 15.2 Å². The lowest BCUT2D eigenvalue weighted by Crippen LogP contribution is -2.20. The molecule has 4 heteroatoms. The number of benzene rings is 1. The zero-order chi connectivity index (χ0) is 12.3. The standard InChI is InChI=1S/C13H18ClNO2/c1-16-12-6-11(14)5-10(7-15)13(12)17-8-9-3-2-4-9/h5-6,9H,2-4,7-8,15H2,1H3. The van der Waals surface area contributed by atoms with Crippen molar-refractivity contribution in [1.29, 1.82) is 0 Å². The Bertz CT molecular complexity index is 366. The van der Waals surface area contributed by atoms with Crippen LogP contribution in [0.4, 0.5) is 0 Å². The second-order valence-electron chi connectivity index (χ2n) is 4.41. The molecule has 0 spiro atoms. The molecule has 1 aliphatic rings. The van der Waals surface area contributed by atoms with Gasteiger partial charge in [0.25, 0.3) is 0 Å². The molecule has 0 radical (unpaired) electrons. The summed E-state index contributed by atoms with van der Waals surface area (Å²) >= 11 is 5.99. The molecular weight excluding hydrogens is 238 g/mol. The summed E-state index contributed by atoms with van der Waals surface area (Å²) in [6, 6.07) is 3.59. The van der Waals surface area contributed by atoms with Gasteiger partial charge >= 0.3 is 0 Å². The second-order valence-corrected chi connectivity index (χ2v) is 4.84. The predicted octanol–water partition coefficient (Wildman–Crippen LogP) is 2.99. The highest BCUT2D eigenvalue weighted by Crippen LogP contribution is 2.36. The molecule has 0 amide bonds. The Labute approximate surface area is 107 Å². The normalized spacial score (nSPS) is 15.5. The molecule has 0 heterocycles. The van der Waals surface area contributed by atoms with E-state index >= 15 is 0 Å². The van der Waals surface area contributed by atoms with Gasteiger partial charge in [0.1, 0.15) is 0 Å². The molecule has 1 aromatic carbocycles. The Morgan fingerprint density at radius 1 is 1.41 bits per heavy atom. The molecule has 1 fully saturated rings. The molecule has 0 aromatic heterocycles. The molecule has 0 bridgehead atoms. The van der Waals surface area contributed by atoms with Crippen LogP contribution < -0.4 is 15.2 Å². The summed E-state index contributed by atoms with van der Waals surface area (Å²) in [5, 5.41) is 0.623. The molecular formula is C13H18ClNO2. The van der Waals surface area contributed by atoms with Crippen LogP contribution in [-0.2, 0) is 6.54 Å². The first kappa shape index (κ1) is 12.5. The van der Waals surface area contributed by atoms with Gasteiger partial charge in [0.15, 0.2) is 11.5 Å². The summed E-state index contributed by atoms with van der Waals surface area (Å²) in [5.74, 6) is 2.09. The van der Waals surface area contributed by atoms with Crippen LogP contribution >= 0.6 is 11.6 Å². The van der Waals surface area contributed by atoms with Crippen molar-refractivity contribution in [1.82, 2.24) is 0 Å². The van der Waals surface area contributed by atoms with Crippen molar-refractivity contribution in [3.8, 4) is 11.5 Å². The van der Waals surface area contributed by atoms with E-state index in [1.54, 1.807) is 13.2 Å². The van der Waals surface area contributed by atoms with E-state index in [2.05, 4.69) is 0 Å². The fraction of sp³-hybridized carbons (Fsp3) is 0.538. The molecule has 1 saturated carbocycles. The zero-order valence-electron chi connectivity index (χ0n) is 10.0. The molecule has 0 aliphatic heterocycles. The third-order valence-electron chi connectivity index (χ3n) is 3.22. The number of methoxy groups -OCH3 is 1. The van der Waals surface area contributed by atoms with Crippen LogP contribution in [0.3, 0.4) is 0 Å². The molecule has 1 aliphatic carbocycles. The molecule has 0 atom stereocenters. The quantitative estimate of drug-likeness (QED) is 0.880. The minimum atomic E-state index is 0.400. The van der Waals surface area contributed by atoms with Gasteiger partial charge in [0, 0.05) is 23.2 Å². The monoisotopic (exact) mass is 255 g/mol. The average molecular weight is 256 g/mol. The summed E-state index contributed by atoms with van der Waals surface area (Å²) in [6.07, 6.45) is 3.83. The Balaban J connectivity index is 2.16. The van der Waals surface area contributed by atoms with Crippen LogP contribution in [0.25, 0.3) is 0 Å². The Morgan fingerprint density at radius 3 is 2.71 bits per heavy atom. The van der Waals surface area contributed by atoms with Crippen LogP contribution in [0.15, 0.2) is 12.1 Å². The van der Waals surface area contributed by atoms with E-state index < -0.39 is 0 Å². The summed E-state index contributed by atoms with van der Waals surface area (Å²) in [7, 11) is 1.61. The molecule has 2 rings (SSSR count). The highest BCUT2D eigenvalue weighted by molar-refractivity contribution is 6.30. The van der Waals surface area contributed by atoms with E-state index in [0.29, 0.717) is 23.2 Å². The van der Waals surface area contributed by atoms with Gasteiger partial charge in [-0.2, -0.15) is 0 Å². The largest absolute Gasteiger partial charge is 0.493 e. The van der Waals surface area contributed by atoms with E-state index in [-0.39, 0.29) is 0 Å². The Hall–Kier alpha value is -0.930. The number of halogens is 1. The predicted molar refractivity (Wildman–Crippen MR) is 68.7 cm³/mol. The van der Waals surface area contributed by atoms with Gasteiger partial charge in [-0.05, 0) is 24.8 Å². The third kappa shape index (κ3) is 2.85. The number of ether oxygens (including phenoxy) is 2. The molecule has 0 saturated heterocycles. The summed E-state index contributed by atoms with van der Waals surface area (Å²) in [6.45, 7) is 1.14. The first-order valence-electron chi connectivity index (χ1n) is 5.94. The first-order chi connectivity index (χ1) is 8.24. The lowest BCUT2D eigenvalue weighted by Gasteiger charge is -2.26. The Kier molecular flexibility index (Phi) is 4.13. The average Bonchev–Trinajstić information content (AvgIpc) is 2.27. The van der Waals surface area contributed by atoms with Gasteiger partial charge in [-0.25, -0.2) is 0 Å². The van der Waals surface area contributed by atoms with E-state index in [1.807, 2.05) is 6.07 Å².